The first kappa shape index (κ1) is 60.7. The monoisotopic (exact) mass is 912 g/mol. The van der Waals surface area contributed by atoms with Gasteiger partial charge in [-0.3, -0.25) is 14.2 Å². The van der Waals surface area contributed by atoms with Crippen LogP contribution < -0.4 is 4.89 Å². The maximum Gasteiger partial charge on any atom is 0.306 e. The number of phosphoric ester groups is 1. The van der Waals surface area contributed by atoms with Crippen LogP contribution in [0.25, 0.3) is 0 Å². The number of hydrogen-bond acceptors (Lipinski definition) is 8. The number of carbonyl (C=O) groups is 2. The number of allylic oxidation sites excluding steroid dienone is 18. The molecule has 0 aliphatic carbocycles. The topological polar surface area (TPSA) is 111 Å². The summed E-state index contributed by atoms with van der Waals surface area (Å²) in [5, 5.41) is 0. The molecular formula is C54H90NO8P. The fourth-order valence-electron chi connectivity index (χ4n) is 6.00. The number of likely N-dealkylation sites (N-methyl/N-ethyl adjacent to an activating group) is 1. The number of phosphoric acid groups is 1. The van der Waals surface area contributed by atoms with Crippen LogP contribution in [-0.4, -0.2) is 70.0 Å². The second kappa shape index (κ2) is 44.9. The van der Waals surface area contributed by atoms with Crippen LogP contribution in [0.1, 0.15) is 168 Å². The number of carbonyl (C=O) groups excluding carboxylic acids is 2. The van der Waals surface area contributed by atoms with Crippen LogP contribution in [0.3, 0.4) is 0 Å². The highest BCUT2D eigenvalue weighted by Gasteiger charge is 2.21. The lowest BCUT2D eigenvalue weighted by Gasteiger charge is -2.28. The van der Waals surface area contributed by atoms with Crippen LogP contribution in [0.5, 0.6) is 0 Å². The third-order valence-corrected chi connectivity index (χ3v) is 10.8. The zero-order valence-corrected chi connectivity index (χ0v) is 41.8. The van der Waals surface area contributed by atoms with Gasteiger partial charge in [-0.05, 0) is 83.5 Å². The summed E-state index contributed by atoms with van der Waals surface area (Å²) in [4.78, 5) is 37.4. The Labute approximate surface area is 391 Å². The minimum atomic E-state index is -4.63. The number of ether oxygens (including phenoxy) is 2. The van der Waals surface area contributed by atoms with Gasteiger partial charge in [0.15, 0.2) is 6.10 Å². The highest BCUT2D eigenvalue weighted by atomic mass is 31.2. The lowest BCUT2D eigenvalue weighted by Crippen LogP contribution is -2.37. The van der Waals surface area contributed by atoms with Crippen LogP contribution in [0, 0.1) is 0 Å². The summed E-state index contributed by atoms with van der Waals surface area (Å²) in [6, 6.07) is 0. The quantitative estimate of drug-likeness (QED) is 0.0195. The minimum Gasteiger partial charge on any atom is -0.756 e. The van der Waals surface area contributed by atoms with Gasteiger partial charge in [0.25, 0.3) is 7.82 Å². The molecule has 364 valence electrons. The molecule has 64 heavy (non-hydrogen) atoms. The van der Waals surface area contributed by atoms with Crippen LogP contribution in [0.4, 0.5) is 0 Å². The average Bonchev–Trinajstić information content (AvgIpc) is 3.25. The maximum absolute atomic E-state index is 12.7. The van der Waals surface area contributed by atoms with E-state index in [1.807, 2.05) is 21.1 Å². The second-order valence-electron chi connectivity index (χ2n) is 17.1. The lowest BCUT2D eigenvalue weighted by atomic mass is 10.1. The van der Waals surface area contributed by atoms with Gasteiger partial charge in [-0.15, -0.1) is 0 Å². The van der Waals surface area contributed by atoms with Crippen LogP contribution >= 0.6 is 7.82 Å². The summed E-state index contributed by atoms with van der Waals surface area (Å²) in [7, 11) is 1.13. The smallest absolute Gasteiger partial charge is 0.306 e. The fraction of sp³-hybridized carbons (Fsp3) is 0.630. The van der Waals surface area contributed by atoms with E-state index in [1.165, 1.54) is 19.3 Å². The van der Waals surface area contributed by atoms with Crippen molar-refractivity contribution in [1.82, 2.24) is 0 Å². The Morgan fingerprint density at radius 2 is 0.891 bits per heavy atom. The molecule has 2 atom stereocenters. The zero-order chi connectivity index (χ0) is 47.1. The maximum atomic E-state index is 12.7. The third kappa shape index (κ3) is 48.1. The van der Waals surface area contributed by atoms with Gasteiger partial charge in [-0.1, -0.05) is 181 Å². The van der Waals surface area contributed by atoms with Crippen molar-refractivity contribution in [2.24, 2.45) is 0 Å². The molecule has 0 aromatic rings. The predicted octanol–water partition coefficient (Wildman–Crippen LogP) is 14.1. The Hall–Kier alpha value is -3.33. The van der Waals surface area contributed by atoms with Crippen molar-refractivity contribution in [2.75, 3.05) is 47.5 Å². The van der Waals surface area contributed by atoms with Gasteiger partial charge >= 0.3 is 11.9 Å². The van der Waals surface area contributed by atoms with Gasteiger partial charge in [0, 0.05) is 12.8 Å². The molecule has 0 aromatic carbocycles. The summed E-state index contributed by atoms with van der Waals surface area (Å²) in [6.07, 6.45) is 61.5. The van der Waals surface area contributed by atoms with Gasteiger partial charge in [-0.25, -0.2) is 0 Å². The molecule has 0 N–H and O–H groups in total. The van der Waals surface area contributed by atoms with Gasteiger partial charge < -0.3 is 27.9 Å². The van der Waals surface area contributed by atoms with Crippen molar-refractivity contribution in [3.05, 3.63) is 109 Å². The SMILES string of the molecule is CC/C=C\C/C=C\C/C=C\C/C=C\C/C=C\C/C=C\C/C=C\C/C=C\C/C=C\CCCCCCCC(=O)OC(COC(=O)CCCCCCCCC)COP(=O)([O-])OCC[N+](C)(C)C. The van der Waals surface area contributed by atoms with Crippen molar-refractivity contribution in [3.63, 3.8) is 0 Å². The molecular weight excluding hydrogens is 822 g/mol. The van der Waals surface area contributed by atoms with E-state index in [1.54, 1.807) is 0 Å². The molecule has 9 nitrogen and oxygen atoms in total. The Kier molecular flexibility index (Phi) is 42.5. The van der Waals surface area contributed by atoms with E-state index < -0.39 is 32.5 Å². The Bertz CT molecular complexity index is 1450. The molecule has 0 rings (SSSR count). The first-order valence-electron chi connectivity index (χ1n) is 24.6. The zero-order valence-electron chi connectivity index (χ0n) is 40.9. The normalized spacial score (nSPS) is 14.4. The van der Waals surface area contributed by atoms with Gasteiger partial charge in [0.05, 0.1) is 27.7 Å². The van der Waals surface area contributed by atoms with E-state index in [-0.39, 0.29) is 26.1 Å². The number of rotatable bonds is 43. The van der Waals surface area contributed by atoms with Gasteiger partial charge in [-0.2, -0.15) is 0 Å². The van der Waals surface area contributed by atoms with E-state index in [4.69, 9.17) is 18.5 Å². The molecule has 0 bridgehead atoms. The van der Waals surface area contributed by atoms with Gasteiger partial charge in [0.1, 0.15) is 19.8 Å². The van der Waals surface area contributed by atoms with Crippen molar-refractivity contribution in [1.29, 1.82) is 0 Å². The van der Waals surface area contributed by atoms with Crippen molar-refractivity contribution >= 4 is 19.8 Å². The molecule has 0 fully saturated rings. The molecule has 0 aromatic heterocycles. The molecule has 0 radical (unpaired) electrons. The van der Waals surface area contributed by atoms with Crippen molar-refractivity contribution in [2.45, 2.75) is 174 Å². The van der Waals surface area contributed by atoms with E-state index in [0.29, 0.717) is 17.4 Å². The number of unbranched alkanes of at least 4 members (excludes halogenated alkanes) is 11. The third-order valence-electron chi connectivity index (χ3n) is 9.81. The van der Waals surface area contributed by atoms with Gasteiger partial charge in [0.2, 0.25) is 0 Å². The molecule has 0 aliphatic rings. The van der Waals surface area contributed by atoms with E-state index >= 15 is 0 Å². The molecule has 0 spiro atoms. The lowest BCUT2D eigenvalue weighted by molar-refractivity contribution is -0.870. The largest absolute Gasteiger partial charge is 0.756 e. The number of nitrogens with zero attached hydrogens (tertiary/aromatic N) is 1. The Morgan fingerprint density at radius 3 is 1.33 bits per heavy atom. The summed E-state index contributed by atoms with van der Waals surface area (Å²) < 4.78 is 33.8. The molecule has 0 saturated heterocycles. The minimum absolute atomic E-state index is 0.0401. The second-order valence-corrected chi connectivity index (χ2v) is 18.5. The summed E-state index contributed by atoms with van der Waals surface area (Å²) in [5.74, 6) is -0.873. The first-order chi connectivity index (χ1) is 31.0. The molecule has 0 heterocycles. The Morgan fingerprint density at radius 1 is 0.500 bits per heavy atom. The number of esters is 2. The molecule has 0 aliphatic heterocycles. The summed E-state index contributed by atoms with van der Waals surface area (Å²) >= 11 is 0. The Balaban J connectivity index is 4.17. The predicted molar refractivity (Wildman–Crippen MR) is 268 cm³/mol. The number of hydrogen-bond donors (Lipinski definition) is 0. The molecule has 0 saturated carbocycles. The van der Waals surface area contributed by atoms with E-state index in [2.05, 4.69) is 123 Å². The fourth-order valence-corrected chi connectivity index (χ4v) is 6.73. The van der Waals surface area contributed by atoms with Crippen LogP contribution in [0.2, 0.25) is 0 Å². The highest BCUT2D eigenvalue weighted by Crippen LogP contribution is 2.38. The van der Waals surface area contributed by atoms with E-state index in [9.17, 15) is 19.0 Å². The standard InChI is InChI=1S/C54H90NO8P/c1-6-8-10-12-14-15-16-17-18-19-20-21-22-23-24-25-26-27-28-29-30-31-32-33-34-35-36-37-38-39-41-43-45-47-54(57)63-52(51-62-64(58,59)61-49-48-55(3,4)5)50-60-53(56)46-44-42-40-13-11-9-7-2/h8,10,14-15,17-18,20-21,23-24,26-27,29-30,32-33,35-36,52H,6-7,9,11-13,16,19,22,25,28,31,34,37-51H2,1-5H3/b10-8-,15-14-,18-17-,21-20-,24-23-,27-26-,30-29-,33-32-,36-35-. The summed E-state index contributed by atoms with van der Waals surface area (Å²) in [5.41, 5.74) is 0. The summed E-state index contributed by atoms with van der Waals surface area (Å²) in [6.45, 7) is 4.01. The highest BCUT2D eigenvalue weighted by molar-refractivity contribution is 7.45. The average molecular weight is 912 g/mol. The van der Waals surface area contributed by atoms with Crippen molar-refractivity contribution < 1.29 is 42.1 Å². The van der Waals surface area contributed by atoms with Crippen LogP contribution in [-0.2, 0) is 32.7 Å². The van der Waals surface area contributed by atoms with Crippen molar-refractivity contribution in [3.8, 4) is 0 Å². The molecule has 10 heteroatoms. The molecule has 2 unspecified atom stereocenters. The number of quaternary nitrogens is 1. The van der Waals surface area contributed by atoms with Crippen LogP contribution in [0.15, 0.2) is 109 Å². The first-order valence-corrected chi connectivity index (χ1v) is 26.1. The molecule has 0 amide bonds. The van der Waals surface area contributed by atoms with E-state index in [0.717, 1.165) is 116 Å².